The maximum absolute atomic E-state index is 8.89. The number of anilines is 1. The van der Waals surface area contributed by atoms with E-state index in [4.69, 9.17) is 17.3 Å². The van der Waals surface area contributed by atoms with Crippen molar-refractivity contribution in [3.63, 3.8) is 0 Å². The average Bonchev–Trinajstić information content (AvgIpc) is 2.39. The predicted molar refractivity (Wildman–Crippen MR) is 88.4 cm³/mol. The first kappa shape index (κ1) is 16.4. The molecule has 20 heavy (non-hydrogen) atoms. The summed E-state index contributed by atoms with van der Waals surface area (Å²) in [5.41, 5.74) is 4.80. The lowest BCUT2D eigenvalue weighted by molar-refractivity contribution is 0.304. The Morgan fingerprint density at radius 2 is 2.05 bits per heavy atom. The van der Waals surface area contributed by atoms with Crippen LogP contribution in [0.4, 0.5) is 5.69 Å². The molecule has 0 fully saturated rings. The molecule has 110 valence electrons. The van der Waals surface area contributed by atoms with E-state index in [1.807, 2.05) is 50.1 Å². The molecule has 3 N–H and O–H groups in total. The highest BCUT2D eigenvalue weighted by Gasteiger charge is 1.99. The van der Waals surface area contributed by atoms with Gasteiger partial charge in [0.1, 0.15) is 0 Å². The molecule has 6 heteroatoms. The standard InChI is InChI=1S/C14H22N4OS/c1-11(2)16-14(20)17-15-10-12-4-6-13(7-5-12)18(3)8-9-19/h4-7,10-11,19H,8-9H2,1-3H3,(H2,16,17,20)/b15-10-. The van der Waals surface area contributed by atoms with E-state index in [1.54, 1.807) is 6.21 Å². The van der Waals surface area contributed by atoms with Gasteiger partial charge in [-0.15, -0.1) is 0 Å². The molecule has 0 heterocycles. The van der Waals surface area contributed by atoms with Gasteiger partial charge in [-0.25, -0.2) is 0 Å². The Morgan fingerprint density at radius 1 is 1.40 bits per heavy atom. The minimum Gasteiger partial charge on any atom is -0.395 e. The summed E-state index contributed by atoms with van der Waals surface area (Å²) in [6.07, 6.45) is 1.71. The van der Waals surface area contributed by atoms with E-state index in [-0.39, 0.29) is 12.6 Å². The van der Waals surface area contributed by atoms with Gasteiger partial charge >= 0.3 is 0 Å². The Labute approximate surface area is 125 Å². The summed E-state index contributed by atoms with van der Waals surface area (Å²) in [5.74, 6) is 0. The quantitative estimate of drug-likeness (QED) is 0.420. The Kier molecular flexibility index (Phi) is 6.97. The van der Waals surface area contributed by atoms with Crippen LogP contribution in [0, 0.1) is 0 Å². The number of hydrogen-bond acceptors (Lipinski definition) is 4. The van der Waals surface area contributed by atoms with Gasteiger partial charge in [0.05, 0.1) is 12.8 Å². The van der Waals surface area contributed by atoms with Crippen LogP contribution in [0.25, 0.3) is 0 Å². The molecule has 0 saturated heterocycles. The number of hydrogen-bond donors (Lipinski definition) is 3. The number of benzene rings is 1. The number of thiocarbonyl (C=S) groups is 1. The lowest BCUT2D eigenvalue weighted by Crippen LogP contribution is -2.36. The monoisotopic (exact) mass is 294 g/mol. The van der Waals surface area contributed by atoms with Gasteiger partial charge in [0.2, 0.25) is 0 Å². The summed E-state index contributed by atoms with van der Waals surface area (Å²) in [6.45, 7) is 4.78. The Bertz CT molecular complexity index is 445. The van der Waals surface area contributed by atoms with E-state index in [2.05, 4.69) is 15.8 Å². The molecule has 0 spiro atoms. The number of rotatable bonds is 6. The highest BCUT2D eigenvalue weighted by Crippen LogP contribution is 2.12. The summed E-state index contributed by atoms with van der Waals surface area (Å²) in [7, 11) is 1.94. The third-order valence-electron chi connectivity index (χ3n) is 2.57. The maximum Gasteiger partial charge on any atom is 0.187 e. The largest absolute Gasteiger partial charge is 0.395 e. The van der Waals surface area contributed by atoms with Gasteiger partial charge in [0, 0.05) is 25.3 Å². The van der Waals surface area contributed by atoms with E-state index in [9.17, 15) is 0 Å². The first-order valence-corrected chi connectivity index (χ1v) is 6.95. The van der Waals surface area contributed by atoms with E-state index in [0.29, 0.717) is 11.7 Å². The second-order valence-corrected chi connectivity index (χ2v) is 5.14. The molecule has 0 radical (unpaired) electrons. The Morgan fingerprint density at radius 3 is 2.60 bits per heavy atom. The molecule has 0 saturated carbocycles. The number of aliphatic hydroxyl groups is 1. The van der Waals surface area contributed by atoms with Crippen molar-refractivity contribution in [1.82, 2.24) is 10.7 Å². The van der Waals surface area contributed by atoms with E-state index < -0.39 is 0 Å². The summed E-state index contributed by atoms with van der Waals surface area (Å²) < 4.78 is 0. The number of likely N-dealkylation sites (N-methyl/N-ethyl adjacent to an activating group) is 1. The third-order valence-corrected chi connectivity index (χ3v) is 2.78. The fourth-order valence-electron chi connectivity index (χ4n) is 1.55. The topological polar surface area (TPSA) is 59.9 Å². The van der Waals surface area contributed by atoms with Gasteiger partial charge in [-0.05, 0) is 43.8 Å². The normalized spacial score (nSPS) is 10.8. The lowest BCUT2D eigenvalue weighted by atomic mass is 10.2. The first-order valence-electron chi connectivity index (χ1n) is 6.54. The predicted octanol–water partition coefficient (Wildman–Crippen LogP) is 1.32. The van der Waals surface area contributed by atoms with E-state index in [1.165, 1.54) is 0 Å². The number of hydrazone groups is 1. The van der Waals surface area contributed by atoms with Gasteiger partial charge in [-0.1, -0.05) is 12.1 Å². The number of nitrogens with zero attached hydrogens (tertiary/aromatic N) is 2. The van der Waals surface area contributed by atoms with Gasteiger partial charge in [0.25, 0.3) is 0 Å². The Balaban J connectivity index is 2.51. The van der Waals surface area contributed by atoms with Crippen molar-refractivity contribution in [3.05, 3.63) is 29.8 Å². The number of aliphatic hydroxyl groups excluding tert-OH is 1. The molecule has 0 aliphatic rings. The van der Waals surface area contributed by atoms with Crippen LogP contribution in [0.3, 0.4) is 0 Å². The second kappa shape index (κ2) is 8.50. The highest BCUT2D eigenvalue weighted by molar-refractivity contribution is 7.80. The molecule has 0 atom stereocenters. The van der Waals surface area contributed by atoms with Crippen LogP contribution in [0.1, 0.15) is 19.4 Å². The van der Waals surface area contributed by atoms with E-state index in [0.717, 1.165) is 11.3 Å². The molecule has 0 bridgehead atoms. The van der Waals surface area contributed by atoms with Crippen LogP contribution in [0.15, 0.2) is 29.4 Å². The molecule has 0 aliphatic heterocycles. The van der Waals surface area contributed by atoms with Gasteiger partial charge < -0.3 is 15.3 Å². The first-order chi connectivity index (χ1) is 9.52. The molecule has 5 nitrogen and oxygen atoms in total. The van der Waals surface area contributed by atoms with Gasteiger partial charge in [-0.2, -0.15) is 5.10 Å². The van der Waals surface area contributed by atoms with Crippen molar-refractivity contribution in [2.24, 2.45) is 5.10 Å². The van der Waals surface area contributed by atoms with Gasteiger partial charge in [0.15, 0.2) is 5.11 Å². The SMILES string of the molecule is CC(C)NC(=S)N/N=C\c1ccc(N(C)CCO)cc1. The van der Waals surface area contributed by atoms with Crippen molar-refractivity contribution < 1.29 is 5.11 Å². The van der Waals surface area contributed by atoms with E-state index >= 15 is 0 Å². The van der Waals surface area contributed by atoms with Crippen molar-refractivity contribution in [3.8, 4) is 0 Å². The van der Waals surface area contributed by atoms with Crippen LogP contribution >= 0.6 is 12.2 Å². The van der Waals surface area contributed by atoms with Crippen molar-refractivity contribution in [2.45, 2.75) is 19.9 Å². The van der Waals surface area contributed by atoms with Crippen LogP contribution in [-0.2, 0) is 0 Å². The van der Waals surface area contributed by atoms with Crippen LogP contribution < -0.4 is 15.6 Å². The van der Waals surface area contributed by atoms with Crippen LogP contribution in [0.5, 0.6) is 0 Å². The fraction of sp³-hybridized carbons (Fsp3) is 0.429. The summed E-state index contributed by atoms with van der Waals surface area (Å²) in [4.78, 5) is 1.99. The third kappa shape index (κ3) is 5.99. The summed E-state index contributed by atoms with van der Waals surface area (Å²) in [6, 6.07) is 8.19. The molecule has 1 rings (SSSR count). The molecule has 0 aromatic heterocycles. The molecule has 1 aromatic carbocycles. The second-order valence-electron chi connectivity index (χ2n) is 4.73. The zero-order valence-corrected chi connectivity index (χ0v) is 12.9. The van der Waals surface area contributed by atoms with Crippen LogP contribution in [-0.4, -0.2) is 42.7 Å². The molecular weight excluding hydrogens is 272 g/mol. The lowest BCUT2D eigenvalue weighted by Gasteiger charge is -2.17. The minimum atomic E-state index is 0.143. The van der Waals surface area contributed by atoms with Crippen molar-refractivity contribution in [2.75, 3.05) is 25.1 Å². The smallest absolute Gasteiger partial charge is 0.187 e. The van der Waals surface area contributed by atoms with Crippen molar-refractivity contribution >= 4 is 29.2 Å². The number of nitrogens with one attached hydrogen (secondary N) is 2. The summed E-state index contributed by atoms with van der Waals surface area (Å²) in [5, 5.41) is 16.5. The molecule has 1 aromatic rings. The highest BCUT2D eigenvalue weighted by atomic mass is 32.1. The molecule has 0 aliphatic carbocycles. The Hall–Kier alpha value is -1.66. The van der Waals surface area contributed by atoms with Crippen molar-refractivity contribution in [1.29, 1.82) is 0 Å². The average molecular weight is 294 g/mol. The molecular formula is C14H22N4OS. The molecule has 0 unspecified atom stereocenters. The fourth-order valence-corrected chi connectivity index (χ4v) is 1.84. The minimum absolute atomic E-state index is 0.143. The molecule has 0 amide bonds. The van der Waals surface area contributed by atoms with Gasteiger partial charge in [-0.3, -0.25) is 5.43 Å². The maximum atomic E-state index is 8.89. The van der Waals surface area contributed by atoms with Crippen LogP contribution in [0.2, 0.25) is 0 Å². The zero-order chi connectivity index (χ0) is 15.0. The zero-order valence-electron chi connectivity index (χ0n) is 12.1. The summed E-state index contributed by atoms with van der Waals surface area (Å²) >= 11 is 5.06.